The normalized spacial score (nSPS) is 12.1. The molecule has 0 radical (unpaired) electrons. The van der Waals surface area contributed by atoms with E-state index in [1.54, 1.807) is 13.3 Å². The highest BCUT2D eigenvalue weighted by Crippen LogP contribution is 2.22. The van der Waals surface area contributed by atoms with Gasteiger partial charge in [-0.1, -0.05) is 42.5 Å². The first-order valence-corrected chi connectivity index (χ1v) is 11.1. The minimum Gasteiger partial charge on any atom is -0.496 e. The quantitative estimate of drug-likeness (QED) is 0.512. The number of benzene rings is 2. The van der Waals surface area contributed by atoms with Crippen LogP contribution in [0, 0.1) is 0 Å². The van der Waals surface area contributed by atoms with E-state index in [-0.39, 0.29) is 18.1 Å². The van der Waals surface area contributed by atoms with E-state index in [1.807, 2.05) is 61.9 Å². The van der Waals surface area contributed by atoms with Gasteiger partial charge in [0.2, 0.25) is 0 Å². The molecular weight excluding hydrogens is 402 g/mol. The van der Waals surface area contributed by atoms with Crippen molar-refractivity contribution in [3.63, 3.8) is 0 Å². The van der Waals surface area contributed by atoms with Crippen molar-refractivity contribution in [2.45, 2.75) is 45.8 Å². The molecule has 1 heterocycles. The second-order valence-electron chi connectivity index (χ2n) is 8.24. The molecule has 1 aromatic heterocycles. The third-order valence-corrected chi connectivity index (χ3v) is 5.31. The van der Waals surface area contributed by atoms with Gasteiger partial charge < -0.3 is 19.4 Å². The summed E-state index contributed by atoms with van der Waals surface area (Å²) in [6.07, 6.45) is 3.46. The Hall–Kier alpha value is -3.12. The van der Waals surface area contributed by atoms with Crippen LogP contribution in [-0.4, -0.2) is 41.3 Å². The summed E-state index contributed by atoms with van der Waals surface area (Å²) in [6.45, 7) is 6.68. The van der Waals surface area contributed by atoms with Crippen molar-refractivity contribution in [2.24, 2.45) is 7.05 Å². The maximum Gasteiger partial charge on any atom is 0.269 e. The highest BCUT2D eigenvalue weighted by Gasteiger charge is 2.15. The molecule has 0 aliphatic heterocycles. The maximum absolute atomic E-state index is 12.8. The smallest absolute Gasteiger partial charge is 0.269 e. The second kappa shape index (κ2) is 11.0. The molecule has 0 saturated heterocycles. The number of nitrogens with zero attached hydrogens (tertiary/aromatic N) is 2. The standard InChI is InChI=1S/C26H33N3O3/c1-18(2)32-19(3)15-20-11-12-24(31-5)22(16-20)13-14-27-26(30)23-17-28-25(29(23)4)21-9-7-6-8-10-21/h6-12,16-19H,13-15H2,1-5H3,(H,27,30). The fraction of sp³-hybridized carbons (Fsp3) is 0.385. The van der Waals surface area contributed by atoms with Gasteiger partial charge in [-0.25, -0.2) is 4.98 Å². The molecule has 1 unspecified atom stereocenters. The van der Waals surface area contributed by atoms with Crippen LogP contribution >= 0.6 is 0 Å². The summed E-state index contributed by atoms with van der Waals surface area (Å²) in [5.41, 5.74) is 3.77. The fourth-order valence-electron chi connectivity index (χ4n) is 3.88. The summed E-state index contributed by atoms with van der Waals surface area (Å²) in [5.74, 6) is 1.45. The zero-order valence-electron chi connectivity index (χ0n) is 19.6. The van der Waals surface area contributed by atoms with Crippen LogP contribution in [0.4, 0.5) is 0 Å². The van der Waals surface area contributed by atoms with Gasteiger partial charge >= 0.3 is 0 Å². The molecule has 2 aromatic carbocycles. The van der Waals surface area contributed by atoms with Crippen LogP contribution in [0.1, 0.15) is 42.4 Å². The van der Waals surface area contributed by atoms with E-state index in [0.717, 1.165) is 29.1 Å². The van der Waals surface area contributed by atoms with Crippen molar-refractivity contribution in [1.82, 2.24) is 14.9 Å². The molecule has 1 atom stereocenters. The lowest BCUT2D eigenvalue weighted by molar-refractivity contribution is 0.0195. The summed E-state index contributed by atoms with van der Waals surface area (Å²) >= 11 is 0. The number of hydrogen-bond acceptors (Lipinski definition) is 4. The van der Waals surface area contributed by atoms with E-state index in [9.17, 15) is 4.79 Å². The zero-order valence-corrected chi connectivity index (χ0v) is 19.6. The predicted octanol–water partition coefficient (Wildman–Crippen LogP) is 4.42. The molecule has 3 rings (SSSR count). The topological polar surface area (TPSA) is 65.4 Å². The van der Waals surface area contributed by atoms with Crippen LogP contribution in [0.25, 0.3) is 11.4 Å². The van der Waals surface area contributed by atoms with Crippen LogP contribution < -0.4 is 10.1 Å². The molecule has 6 heteroatoms. The number of carbonyl (C=O) groups excluding carboxylic acids is 1. The molecule has 32 heavy (non-hydrogen) atoms. The molecule has 0 aliphatic rings. The van der Waals surface area contributed by atoms with Crippen molar-refractivity contribution >= 4 is 5.91 Å². The third kappa shape index (κ3) is 5.98. The number of rotatable bonds is 10. The van der Waals surface area contributed by atoms with Crippen molar-refractivity contribution in [3.05, 3.63) is 71.5 Å². The minimum atomic E-state index is -0.142. The summed E-state index contributed by atoms with van der Waals surface area (Å²) in [4.78, 5) is 17.2. The largest absolute Gasteiger partial charge is 0.496 e. The molecule has 170 valence electrons. The van der Waals surface area contributed by atoms with Gasteiger partial charge in [0.15, 0.2) is 0 Å². The Morgan fingerprint density at radius 2 is 1.88 bits per heavy atom. The number of hydrogen-bond donors (Lipinski definition) is 1. The number of ether oxygens (including phenoxy) is 2. The van der Waals surface area contributed by atoms with Crippen molar-refractivity contribution in [1.29, 1.82) is 0 Å². The fourth-order valence-corrected chi connectivity index (χ4v) is 3.88. The van der Waals surface area contributed by atoms with E-state index < -0.39 is 0 Å². The second-order valence-corrected chi connectivity index (χ2v) is 8.24. The SMILES string of the molecule is COc1ccc(CC(C)OC(C)C)cc1CCNC(=O)c1cnc(-c2ccccc2)n1C. The van der Waals surface area contributed by atoms with Gasteiger partial charge in [-0.05, 0) is 50.8 Å². The molecule has 0 bridgehead atoms. The first kappa shape index (κ1) is 23.5. The van der Waals surface area contributed by atoms with E-state index in [2.05, 4.69) is 29.4 Å². The molecular formula is C26H33N3O3. The number of imidazole rings is 1. The molecule has 3 aromatic rings. The van der Waals surface area contributed by atoms with Crippen LogP contribution in [0.3, 0.4) is 0 Å². The molecule has 0 saturated carbocycles. The molecule has 0 spiro atoms. The van der Waals surface area contributed by atoms with Gasteiger partial charge in [-0.2, -0.15) is 0 Å². The monoisotopic (exact) mass is 435 g/mol. The van der Waals surface area contributed by atoms with E-state index in [1.165, 1.54) is 5.56 Å². The minimum absolute atomic E-state index is 0.139. The van der Waals surface area contributed by atoms with E-state index in [0.29, 0.717) is 18.7 Å². The first-order chi connectivity index (χ1) is 15.4. The zero-order chi connectivity index (χ0) is 23.1. The Morgan fingerprint density at radius 1 is 1.12 bits per heavy atom. The highest BCUT2D eigenvalue weighted by molar-refractivity contribution is 5.93. The number of amides is 1. The lowest BCUT2D eigenvalue weighted by Crippen LogP contribution is -2.27. The van der Waals surface area contributed by atoms with Crippen LogP contribution in [-0.2, 0) is 24.6 Å². The Balaban J connectivity index is 1.63. The lowest BCUT2D eigenvalue weighted by atomic mass is 10.0. The molecule has 0 aliphatic carbocycles. The Morgan fingerprint density at radius 3 is 2.56 bits per heavy atom. The van der Waals surface area contributed by atoms with Gasteiger partial charge in [0.05, 0.1) is 25.5 Å². The number of nitrogens with one attached hydrogen (secondary N) is 1. The average Bonchev–Trinajstić information content (AvgIpc) is 3.15. The number of carbonyl (C=O) groups is 1. The van der Waals surface area contributed by atoms with Gasteiger partial charge in [0.25, 0.3) is 5.91 Å². The Kier molecular flexibility index (Phi) is 8.06. The van der Waals surface area contributed by atoms with Gasteiger partial charge in [-0.3, -0.25) is 4.79 Å². The van der Waals surface area contributed by atoms with Crippen LogP contribution in [0.5, 0.6) is 5.75 Å². The molecule has 6 nitrogen and oxygen atoms in total. The van der Waals surface area contributed by atoms with Crippen molar-refractivity contribution in [3.8, 4) is 17.1 Å². The van der Waals surface area contributed by atoms with E-state index in [4.69, 9.17) is 9.47 Å². The summed E-state index contributed by atoms with van der Waals surface area (Å²) in [6, 6.07) is 16.0. The maximum atomic E-state index is 12.8. The Bertz CT molecular complexity index is 1030. The highest BCUT2D eigenvalue weighted by atomic mass is 16.5. The average molecular weight is 436 g/mol. The molecule has 1 amide bonds. The summed E-state index contributed by atoms with van der Waals surface area (Å²) < 4.78 is 13.2. The first-order valence-electron chi connectivity index (χ1n) is 11.1. The van der Waals surface area contributed by atoms with Gasteiger partial charge in [0, 0.05) is 19.2 Å². The molecule has 0 fully saturated rings. The predicted molar refractivity (Wildman–Crippen MR) is 127 cm³/mol. The summed E-state index contributed by atoms with van der Waals surface area (Å²) in [5, 5.41) is 3.01. The number of aromatic nitrogens is 2. The number of methoxy groups -OCH3 is 1. The van der Waals surface area contributed by atoms with E-state index >= 15 is 0 Å². The Labute approximate surface area is 190 Å². The van der Waals surface area contributed by atoms with Crippen LogP contribution in [0.15, 0.2) is 54.7 Å². The van der Waals surface area contributed by atoms with Crippen molar-refractivity contribution in [2.75, 3.05) is 13.7 Å². The third-order valence-electron chi connectivity index (χ3n) is 5.31. The van der Waals surface area contributed by atoms with Gasteiger partial charge in [-0.15, -0.1) is 0 Å². The summed E-state index contributed by atoms with van der Waals surface area (Å²) in [7, 11) is 3.53. The van der Waals surface area contributed by atoms with Gasteiger partial charge in [0.1, 0.15) is 17.3 Å². The van der Waals surface area contributed by atoms with Crippen LogP contribution in [0.2, 0.25) is 0 Å². The van der Waals surface area contributed by atoms with Crippen molar-refractivity contribution < 1.29 is 14.3 Å². The lowest BCUT2D eigenvalue weighted by Gasteiger charge is -2.17. The molecule has 1 N–H and O–H groups in total.